The van der Waals surface area contributed by atoms with E-state index in [4.69, 9.17) is 11.0 Å². The molecule has 1 aromatic heterocycles. The van der Waals surface area contributed by atoms with E-state index in [1.54, 1.807) is 6.07 Å². The number of nitrogens with zero attached hydrogens (tertiary/aromatic N) is 3. The topological polar surface area (TPSA) is 118 Å². The summed E-state index contributed by atoms with van der Waals surface area (Å²) in [6.45, 7) is 0. The number of aromatic nitrogens is 1. The summed E-state index contributed by atoms with van der Waals surface area (Å²) >= 11 is 0. The maximum Gasteiger partial charge on any atom is 0.311 e. The maximum atomic E-state index is 13.4. The van der Waals surface area contributed by atoms with E-state index in [2.05, 4.69) is 10.3 Å². The highest BCUT2D eigenvalue weighted by atomic mass is 19.1. The lowest BCUT2D eigenvalue weighted by Crippen LogP contribution is -2.02. The number of nitrogens with one attached hydrogen (secondary N) is 1. The number of nitriles is 1. The fraction of sp³-hybridized carbons (Fsp3) is 0. The molecule has 20 heavy (non-hydrogen) atoms. The first-order valence-electron chi connectivity index (χ1n) is 5.39. The number of nitrogen functional groups attached to an aromatic ring is 1. The highest BCUT2D eigenvalue weighted by Gasteiger charge is 2.14. The Morgan fingerprint density at radius 3 is 2.75 bits per heavy atom. The molecule has 1 aromatic carbocycles. The van der Waals surface area contributed by atoms with Crippen molar-refractivity contribution in [2.45, 2.75) is 0 Å². The highest BCUT2D eigenvalue weighted by molar-refractivity contribution is 5.67. The number of nitro groups is 1. The molecule has 8 heteroatoms. The second-order valence-corrected chi connectivity index (χ2v) is 3.76. The van der Waals surface area contributed by atoms with E-state index >= 15 is 0 Å². The van der Waals surface area contributed by atoms with E-state index in [0.717, 1.165) is 6.07 Å². The van der Waals surface area contributed by atoms with Crippen molar-refractivity contribution in [3.63, 3.8) is 0 Å². The zero-order valence-electron chi connectivity index (χ0n) is 10.0. The van der Waals surface area contributed by atoms with Crippen molar-refractivity contribution in [3.05, 3.63) is 51.8 Å². The van der Waals surface area contributed by atoms with Gasteiger partial charge in [0.15, 0.2) is 0 Å². The predicted octanol–water partition coefficient (Wildman–Crippen LogP) is 2.33. The zero-order chi connectivity index (χ0) is 14.7. The van der Waals surface area contributed by atoms with Crippen LogP contribution < -0.4 is 11.1 Å². The van der Waals surface area contributed by atoms with E-state index in [1.165, 1.54) is 24.3 Å². The fourth-order valence-corrected chi connectivity index (χ4v) is 1.57. The summed E-state index contributed by atoms with van der Waals surface area (Å²) in [7, 11) is 0. The fourth-order valence-electron chi connectivity index (χ4n) is 1.57. The largest absolute Gasteiger partial charge is 0.378 e. The van der Waals surface area contributed by atoms with Gasteiger partial charge in [-0.2, -0.15) is 5.26 Å². The standard InChI is InChI=1S/C12H8FN5O2/c13-8-2-1-3-9(7(8)6-14)16-11-5-4-10(18(19)20)12(15)17-11/h1-5H,(H3,15,16,17). The summed E-state index contributed by atoms with van der Waals surface area (Å²) in [4.78, 5) is 13.7. The molecule has 0 amide bonds. The monoisotopic (exact) mass is 273 g/mol. The van der Waals surface area contributed by atoms with E-state index in [-0.39, 0.29) is 28.6 Å². The number of benzene rings is 1. The molecule has 0 aliphatic heterocycles. The Morgan fingerprint density at radius 1 is 1.40 bits per heavy atom. The van der Waals surface area contributed by atoms with Crippen LogP contribution in [-0.4, -0.2) is 9.91 Å². The quantitative estimate of drug-likeness (QED) is 0.654. The number of nitrogens with two attached hydrogens (primary N) is 1. The Labute approximate surface area is 112 Å². The Morgan fingerprint density at radius 2 is 2.15 bits per heavy atom. The van der Waals surface area contributed by atoms with Crippen LogP contribution in [0.4, 0.5) is 27.4 Å². The van der Waals surface area contributed by atoms with Crippen molar-refractivity contribution in [2.24, 2.45) is 0 Å². The first-order chi connectivity index (χ1) is 9.52. The van der Waals surface area contributed by atoms with Gasteiger partial charge in [0.2, 0.25) is 5.82 Å². The molecule has 100 valence electrons. The average Bonchev–Trinajstić information content (AvgIpc) is 2.38. The minimum Gasteiger partial charge on any atom is -0.378 e. The van der Waals surface area contributed by atoms with Crippen molar-refractivity contribution in [3.8, 4) is 6.07 Å². The van der Waals surface area contributed by atoms with Crippen LogP contribution >= 0.6 is 0 Å². The molecule has 3 N–H and O–H groups in total. The Hall–Kier alpha value is -3.21. The molecule has 2 aromatic rings. The first kappa shape index (κ1) is 13.2. The maximum absolute atomic E-state index is 13.4. The highest BCUT2D eigenvalue weighted by Crippen LogP contribution is 2.25. The summed E-state index contributed by atoms with van der Waals surface area (Å²) in [5, 5.41) is 22.2. The van der Waals surface area contributed by atoms with Gasteiger partial charge in [-0.25, -0.2) is 9.37 Å². The Kier molecular flexibility index (Phi) is 3.43. The third-order valence-corrected chi connectivity index (χ3v) is 2.49. The molecule has 0 aliphatic carbocycles. The third kappa shape index (κ3) is 2.46. The number of anilines is 3. The smallest absolute Gasteiger partial charge is 0.311 e. The Balaban J connectivity index is 2.37. The molecule has 0 spiro atoms. The van der Waals surface area contributed by atoms with E-state index in [1.807, 2.05) is 0 Å². The molecule has 0 atom stereocenters. The number of rotatable bonds is 3. The van der Waals surface area contributed by atoms with Gasteiger partial charge in [0.05, 0.1) is 10.6 Å². The van der Waals surface area contributed by atoms with Crippen LogP contribution in [0.2, 0.25) is 0 Å². The second-order valence-electron chi connectivity index (χ2n) is 3.76. The summed E-state index contributed by atoms with van der Waals surface area (Å²) in [6.07, 6.45) is 0. The summed E-state index contributed by atoms with van der Waals surface area (Å²) in [5.41, 5.74) is 5.15. The van der Waals surface area contributed by atoms with Crippen LogP contribution in [-0.2, 0) is 0 Å². The number of pyridine rings is 1. The van der Waals surface area contributed by atoms with Crippen LogP contribution in [0, 0.1) is 27.3 Å². The molecule has 1 heterocycles. The minimum atomic E-state index is -0.674. The molecule has 0 saturated heterocycles. The number of halogens is 1. The van der Waals surface area contributed by atoms with E-state index < -0.39 is 10.7 Å². The van der Waals surface area contributed by atoms with Crippen molar-refractivity contribution >= 4 is 23.0 Å². The molecule has 2 rings (SSSR count). The van der Waals surface area contributed by atoms with Crippen LogP contribution in [0.5, 0.6) is 0 Å². The van der Waals surface area contributed by atoms with Crippen molar-refractivity contribution in [1.29, 1.82) is 5.26 Å². The van der Waals surface area contributed by atoms with Crippen molar-refractivity contribution < 1.29 is 9.31 Å². The van der Waals surface area contributed by atoms with Crippen molar-refractivity contribution in [1.82, 2.24) is 4.98 Å². The van der Waals surface area contributed by atoms with Crippen LogP contribution in [0.15, 0.2) is 30.3 Å². The van der Waals surface area contributed by atoms with Gasteiger partial charge in [-0.1, -0.05) is 6.07 Å². The van der Waals surface area contributed by atoms with E-state index in [9.17, 15) is 14.5 Å². The molecule has 0 aliphatic rings. The van der Waals surface area contributed by atoms with Crippen molar-refractivity contribution in [2.75, 3.05) is 11.1 Å². The van der Waals surface area contributed by atoms with Gasteiger partial charge in [0, 0.05) is 6.07 Å². The summed E-state index contributed by atoms with van der Waals surface area (Å²) in [6, 6.07) is 8.29. The number of hydrogen-bond donors (Lipinski definition) is 2. The molecular formula is C12H8FN5O2. The number of hydrogen-bond acceptors (Lipinski definition) is 6. The van der Waals surface area contributed by atoms with Gasteiger partial charge < -0.3 is 11.1 Å². The molecule has 0 fully saturated rings. The third-order valence-electron chi connectivity index (χ3n) is 2.49. The van der Waals surface area contributed by atoms with Crippen LogP contribution in [0.3, 0.4) is 0 Å². The van der Waals surface area contributed by atoms with E-state index in [0.29, 0.717) is 0 Å². The average molecular weight is 273 g/mol. The van der Waals surface area contributed by atoms with Crippen LogP contribution in [0.25, 0.3) is 0 Å². The SMILES string of the molecule is N#Cc1c(F)cccc1Nc1ccc([N+](=O)[O-])c(N)n1. The lowest BCUT2D eigenvalue weighted by molar-refractivity contribution is -0.384. The second kappa shape index (κ2) is 5.19. The zero-order valence-corrected chi connectivity index (χ0v) is 10.0. The van der Waals surface area contributed by atoms with Gasteiger partial charge in [-0.3, -0.25) is 10.1 Å². The van der Waals surface area contributed by atoms with Gasteiger partial charge in [0.25, 0.3) is 0 Å². The molecule has 7 nitrogen and oxygen atoms in total. The first-order valence-corrected chi connectivity index (χ1v) is 5.39. The minimum absolute atomic E-state index is 0.175. The van der Waals surface area contributed by atoms with Gasteiger partial charge in [-0.05, 0) is 18.2 Å². The molecular weight excluding hydrogens is 265 g/mol. The van der Waals surface area contributed by atoms with Gasteiger partial charge in [0.1, 0.15) is 23.3 Å². The lowest BCUT2D eigenvalue weighted by Gasteiger charge is -2.08. The summed E-state index contributed by atoms with van der Waals surface area (Å²) in [5.74, 6) is -0.766. The summed E-state index contributed by atoms with van der Waals surface area (Å²) < 4.78 is 13.4. The molecule has 0 saturated carbocycles. The molecule has 0 bridgehead atoms. The normalized spacial score (nSPS) is 9.80. The lowest BCUT2D eigenvalue weighted by atomic mass is 10.2. The van der Waals surface area contributed by atoms with Gasteiger partial charge in [-0.15, -0.1) is 0 Å². The van der Waals surface area contributed by atoms with Gasteiger partial charge >= 0.3 is 5.69 Å². The Bertz CT molecular complexity index is 726. The predicted molar refractivity (Wildman–Crippen MR) is 69.7 cm³/mol. The molecule has 0 radical (unpaired) electrons. The van der Waals surface area contributed by atoms with Crippen LogP contribution in [0.1, 0.15) is 5.56 Å². The molecule has 0 unspecified atom stereocenters.